The minimum absolute atomic E-state index is 1.02. The summed E-state index contributed by atoms with van der Waals surface area (Å²) in [4.78, 5) is 5.06. The predicted octanol–water partition coefficient (Wildman–Crippen LogP) is 9.01. The Morgan fingerprint density at radius 2 is 1.03 bits per heavy atom. The third kappa shape index (κ3) is 2.31. The maximum absolute atomic E-state index is 5.06. The Kier molecular flexibility index (Phi) is 3.45. The van der Waals surface area contributed by atoms with Crippen molar-refractivity contribution >= 4 is 43.2 Å². The van der Waals surface area contributed by atoms with Crippen LogP contribution in [0.15, 0.2) is 115 Å². The molecule has 0 aliphatic heterocycles. The monoisotopic (exact) mass is 429 g/mol. The van der Waals surface area contributed by atoms with Crippen LogP contribution in [0.2, 0.25) is 0 Å². The number of rotatable bonds is 1. The molecule has 0 radical (unpaired) electrons. The van der Waals surface area contributed by atoms with E-state index >= 15 is 0 Å². The first kappa shape index (κ1) is 18.0. The average Bonchev–Trinajstić information content (AvgIpc) is 3.23. The molecule has 1 aromatic heterocycles. The zero-order valence-electron chi connectivity index (χ0n) is 18.4. The molecule has 6 aromatic carbocycles. The predicted molar refractivity (Wildman–Crippen MR) is 144 cm³/mol. The van der Waals surface area contributed by atoms with Gasteiger partial charge in [-0.25, -0.2) is 4.98 Å². The van der Waals surface area contributed by atoms with Gasteiger partial charge in [-0.05, 0) is 78.8 Å². The summed E-state index contributed by atoms with van der Waals surface area (Å²) in [5.74, 6) is 0. The zero-order chi connectivity index (χ0) is 22.2. The summed E-state index contributed by atoms with van der Waals surface area (Å²) in [5, 5.41) is 8.95. The SMILES string of the molecule is c1ccc2c(c1)-c1cccc3c1c-2cc1c2ccccc2c(-c2ccc4ccccc4n2)cc31. The first-order valence-corrected chi connectivity index (χ1v) is 11.7. The number of aromatic nitrogens is 1. The molecule has 1 nitrogen and oxygen atoms in total. The molecular weight excluding hydrogens is 410 g/mol. The van der Waals surface area contributed by atoms with Gasteiger partial charge in [0.1, 0.15) is 0 Å². The molecule has 8 rings (SSSR count). The normalized spacial score (nSPS) is 12.1. The lowest BCUT2D eigenvalue weighted by Crippen LogP contribution is -1.90. The van der Waals surface area contributed by atoms with Crippen molar-refractivity contribution in [3.05, 3.63) is 115 Å². The molecule has 0 N–H and O–H groups in total. The fraction of sp³-hybridized carbons (Fsp3) is 0. The van der Waals surface area contributed by atoms with E-state index in [0.29, 0.717) is 0 Å². The van der Waals surface area contributed by atoms with E-state index in [1.165, 1.54) is 65.5 Å². The molecule has 7 aromatic rings. The van der Waals surface area contributed by atoms with Crippen LogP contribution in [0.5, 0.6) is 0 Å². The molecule has 0 saturated carbocycles. The molecule has 0 bridgehead atoms. The average molecular weight is 430 g/mol. The highest BCUT2D eigenvalue weighted by Crippen LogP contribution is 2.50. The molecule has 0 spiro atoms. The Bertz CT molecular complexity index is 1960. The van der Waals surface area contributed by atoms with Gasteiger partial charge in [0.15, 0.2) is 0 Å². The van der Waals surface area contributed by atoms with Crippen molar-refractivity contribution in [1.29, 1.82) is 0 Å². The van der Waals surface area contributed by atoms with Gasteiger partial charge in [0.25, 0.3) is 0 Å². The van der Waals surface area contributed by atoms with E-state index in [2.05, 4.69) is 115 Å². The summed E-state index contributed by atoms with van der Waals surface area (Å²) in [5.41, 5.74) is 8.58. The van der Waals surface area contributed by atoms with Crippen LogP contribution in [0.4, 0.5) is 0 Å². The highest BCUT2D eigenvalue weighted by Gasteiger charge is 2.23. The van der Waals surface area contributed by atoms with Crippen LogP contribution in [0.1, 0.15) is 0 Å². The smallest absolute Gasteiger partial charge is 0.0716 e. The highest BCUT2D eigenvalue weighted by molar-refractivity contribution is 6.28. The molecule has 1 aliphatic carbocycles. The van der Waals surface area contributed by atoms with E-state index in [9.17, 15) is 0 Å². The summed E-state index contributed by atoms with van der Waals surface area (Å²) >= 11 is 0. The Morgan fingerprint density at radius 3 is 1.94 bits per heavy atom. The number of nitrogens with zero attached hydrogens (tertiary/aromatic N) is 1. The second-order valence-corrected chi connectivity index (χ2v) is 9.15. The summed E-state index contributed by atoms with van der Waals surface area (Å²) in [7, 11) is 0. The Morgan fingerprint density at radius 1 is 0.382 bits per heavy atom. The standard InChI is InChI=1S/C33H19N/c1-6-15-31-20(8-1)16-17-32(34-31)29-18-28-26-14-7-13-25-21-9-2-5-12-24(21)30(33(25)26)19-27(28)22-10-3-4-11-23(22)29/h1-19H. The van der Waals surface area contributed by atoms with Gasteiger partial charge >= 0.3 is 0 Å². The van der Waals surface area contributed by atoms with Gasteiger partial charge < -0.3 is 0 Å². The van der Waals surface area contributed by atoms with E-state index < -0.39 is 0 Å². The second kappa shape index (κ2) is 6.52. The van der Waals surface area contributed by atoms with Gasteiger partial charge in [-0.1, -0.05) is 91.0 Å². The molecule has 1 heterocycles. The first-order valence-electron chi connectivity index (χ1n) is 11.7. The van der Waals surface area contributed by atoms with Crippen molar-refractivity contribution < 1.29 is 0 Å². The lowest BCUT2D eigenvalue weighted by atomic mass is 9.90. The van der Waals surface area contributed by atoms with Crippen LogP contribution in [-0.4, -0.2) is 4.98 Å². The molecule has 0 atom stereocenters. The van der Waals surface area contributed by atoms with E-state index in [1.807, 2.05) is 0 Å². The number of hydrogen-bond donors (Lipinski definition) is 0. The molecule has 34 heavy (non-hydrogen) atoms. The van der Waals surface area contributed by atoms with Gasteiger partial charge in [-0.15, -0.1) is 0 Å². The highest BCUT2D eigenvalue weighted by atomic mass is 14.7. The minimum Gasteiger partial charge on any atom is -0.248 e. The quantitative estimate of drug-likeness (QED) is 0.237. The molecule has 0 unspecified atom stereocenters. The Hall–Kier alpha value is -4.49. The number of benzene rings is 6. The van der Waals surface area contributed by atoms with E-state index in [0.717, 1.165) is 11.2 Å². The number of hydrogen-bond acceptors (Lipinski definition) is 1. The van der Waals surface area contributed by atoms with Gasteiger partial charge in [-0.2, -0.15) is 0 Å². The molecule has 0 amide bonds. The molecule has 1 aliphatic rings. The Labute approximate surface area is 196 Å². The van der Waals surface area contributed by atoms with E-state index in [1.54, 1.807) is 0 Å². The molecule has 0 fully saturated rings. The summed E-state index contributed by atoms with van der Waals surface area (Å²) in [6, 6.07) is 41.7. The lowest BCUT2D eigenvalue weighted by molar-refractivity contribution is 1.41. The number of pyridine rings is 1. The van der Waals surface area contributed by atoms with Crippen molar-refractivity contribution in [3.63, 3.8) is 0 Å². The summed E-state index contributed by atoms with van der Waals surface area (Å²) < 4.78 is 0. The number of fused-ring (bicyclic) bond motifs is 8. The van der Waals surface area contributed by atoms with Crippen LogP contribution in [0, 0.1) is 0 Å². The third-order valence-corrected chi connectivity index (χ3v) is 7.38. The molecular formula is C33H19N. The molecule has 1 heteroatoms. The van der Waals surface area contributed by atoms with Crippen LogP contribution in [-0.2, 0) is 0 Å². The fourth-order valence-electron chi connectivity index (χ4n) is 5.88. The van der Waals surface area contributed by atoms with Crippen LogP contribution in [0.25, 0.3) is 76.7 Å². The van der Waals surface area contributed by atoms with Gasteiger partial charge in [-0.3, -0.25) is 0 Å². The van der Waals surface area contributed by atoms with E-state index in [-0.39, 0.29) is 0 Å². The first-order chi connectivity index (χ1) is 16.9. The third-order valence-electron chi connectivity index (χ3n) is 7.38. The lowest BCUT2D eigenvalue weighted by Gasteiger charge is -2.14. The molecule has 0 saturated heterocycles. The van der Waals surface area contributed by atoms with Crippen LogP contribution in [0.3, 0.4) is 0 Å². The maximum Gasteiger partial charge on any atom is 0.0716 e. The van der Waals surface area contributed by atoms with Crippen molar-refractivity contribution in [1.82, 2.24) is 4.98 Å². The van der Waals surface area contributed by atoms with Gasteiger partial charge in [0.05, 0.1) is 11.2 Å². The zero-order valence-corrected chi connectivity index (χ0v) is 18.4. The van der Waals surface area contributed by atoms with E-state index in [4.69, 9.17) is 4.98 Å². The largest absolute Gasteiger partial charge is 0.248 e. The summed E-state index contributed by atoms with van der Waals surface area (Å²) in [6.45, 7) is 0. The number of para-hydroxylation sites is 1. The van der Waals surface area contributed by atoms with Crippen molar-refractivity contribution in [2.75, 3.05) is 0 Å². The maximum atomic E-state index is 5.06. The van der Waals surface area contributed by atoms with Crippen LogP contribution < -0.4 is 0 Å². The van der Waals surface area contributed by atoms with Crippen molar-refractivity contribution in [2.24, 2.45) is 0 Å². The minimum atomic E-state index is 1.02. The van der Waals surface area contributed by atoms with Crippen LogP contribution >= 0.6 is 0 Å². The fourth-order valence-corrected chi connectivity index (χ4v) is 5.88. The van der Waals surface area contributed by atoms with Crippen molar-refractivity contribution in [3.8, 4) is 33.5 Å². The van der Waals surface area contributed by atoms with Gasteiger partial charge in [0.2, 0.25) is 0 Å². The summed E-state index contributed by atoms with van der Waals surface area (Å²) in [6.07, 6.45) is 0. The molecule has 156 valence electrons. The van der Waals surface area contributed by atoms with Gasteiger partial charge in [0, 0.05) is 10.9 Å². The second-order valence-electron chi connectivity index (χ2n) is 9.15. The van der Waals surface area contributed by atoms with Crippen molar-refractivity contribution in [2.45, 2.75) is 0 Å². The topological polar surface area (TPSA) is 12.9 Å². The Balaban J connectivity index is 1.54.